The maximum atomic E-state index is 14.7. The van der Waals surface area contributed by atoms with E-state index in [1.807, 2.05) is 30.3 Å². The van der Waals surface area contributed by atoms with Gasteiger partial charge in [-0.15, -0.1) is 0 Å². The quantitative estimate of drug-likeness (QED) is 0.0263. The minimum atomic E-state index is -3.09. The standard InChI is InChI=1S/C75H119FO11Si4/c1-20-89(21-2,22-3)87-74(55-79-53-61-41-43-65(78-17)44-42-61,56-84-91(73(14,15)16,66-35-25-23-26-36-66)67-37-27-24-28-38-67)51-70-71(85-70)69(80-54-62-32-29-33-63(76)50-62)39-30-34-64(77)45-47-75(81-48-49-82-75)46-31-40-68(86-88(18,19)72(11,12)13)60(10)52-83-90(57(4)5,58(6)7)59(8)9/h23-29,32-33,35-38,41-44,50,57-60,64,68-71,77H,20-22,31,39-40,45-49,51-56H2,1-19H3/t60-,64-,68-,69-,70-,71-,74+/m0/s1. The number of epoxide rings is 1. The minimum absolute atomic E-state index is 0.0177. The molecule has 0 bridgehead atoms. The summed E-state index contributed by atoms with van der Waals surface area (Å²) < 4.78 is 83.9. The number of aliphatic hydroxyl groups is 1. The molecule has 2 aliphatic heterocycles. The first-order valence-corrected chi connectivity index (χ1v) is 43.9. The molecule has 7 atom stereocenters. The van der Waals surface area contributed by atoms with Gasteiger partial charge in [-0.25, -0.2) is 4.39 Å². The van der Waals surface area contributed by atoms with Crippen LogP contribution in [0.5, 0.6) is 5.75 Å². The summed E-state index contributed by atoms with van der Waals surface area (Å²) in [4.78, 5) is 0. The van der Waals surface area contributed by atoms with Crippen LogP contribution in [0.15, 0.2) is 109 Å². The molecular weight excluding hydrogens is 1210 g/mol. The number of aliphatic hydroxyl groups excluding tert-OH is 1. The molecule has 4 aromatic carbocycles. The molecule has 0 radical (unpaired) electrons. The van der Waals surface area contributed by atoms with E-state index in [1.54, 1.807) is 13.2 Å². The number of hydrogen-bond acceptors (Lipinski definition) is 11. The lowest BCUT2D eigenvalue weighted by Crippen LogP contribution is -2.68. The van der Waals surface area contributed by atoms with Crippen LogP contribution in [0.1, 0.15) is 167 Å². The van der Waals surface area contributed by atoms with Crippen molar-refractivity contribution >= 4 is 43.6 Å². The van der Waals surface area contributed by atoms with Gasteiger partial charge in [0, 0.05) is 44.3 Å². The van der Waals surface area contributed by atoms with Gasteiger partial charge in [0.15, 0.2) is 30.7 Å². The van der Waals surface area contributed by atoms with E-state index >= 15 is 0 Å². The van der Waals surface area contributed by atoms with Crippen molar-refractivity contribution < 1.29 is 55.6 Å². The summed E-state index contributed by atoms with van der Waals surface area (Å²) in [5.74, 6) is 6.35. The minimum Gasteiger partial charge on any atom is -0.497 e. The van der Waals surface area contributed by atoms with E-state index in [0.717, 1.165) is 42.3 Å². The molecule has 508 valence electrons. The van der Waals surface area contributed by atoms with Gasteiger partial charge in [-0.1, -0.05) is 208 Å². The highest BCUT2D eigenvalue weighted by Gasteiger charge is 2.56. The fourth-order valence-corrected chi connectivity index (χ4v) is 28.7. The Morgan fingerprint density at radius 2 is 1.29 bits per heavy atom. The average molecular weight is 1330 g/mol. The summed E-state index contributed by atoms with van der Waals surface area (Å²) in [6.07, 6.45) is 1.82. The Morgan fingerprint density at radius 1 is 0.692 bits per heavy atom. The molecule has 2 fully saturated rings. The van der Waals surface area contributed by atoms with Crippen molar-refractivity contribution in [3.63, 3.8) is 0 Å². The van der Waals surface area contributed by atoms with E-state index in [-0.39, 0.29) is 66.4 Å². The lowest BCUT2D eigenvalue weighted by molar-refractivity contribution is -0.171. The molecule has 16 heteroatoms. The summed E-state index contributed by atoms with van der Waals surface area (Å²) >= 11 is 0. The van der Waals surface area contributed by atoms with Crippen LogP contribution in [0.2, 0.25) is 57.9 Å². The van der Waals surface area contributed by atoms with Crippen molar-refractivity contribution in [3.8, 4) is 17.6 Å². The predicted octanol–water partition coefficient (Wildman–Crippen LogP) is 17.1. The number of halogens is 1. The largest absolute Gasteiger partial charge is 0.497 e. The molecule has 0 spiro atoms. The molecule has 0 saturated carbocycles. The topological polar surface area (TPSA) is 116 Å². The highest BCUT2D eigenvalue weighted by molar-refractivity contribution is 6.99. The van der Waals surface area contributed by atoms with Gasteiger partial charge in [-0.2, -0.15) is 0 Å². The van der Waals surface area contributed by atoms with Gasteiger partial charge >= 0.3 is 0 Å². The molecule has 0 unspecified atom stereocenters. The van der Waals surface area contributed by atoms with Crippen LogP contribution < -0.4 is 15.1 Å². The van der Waals surface area contributed by atoms with E-state index in [2.05, 4.69) is 196 Å². The summed E-state index contributed by atoms with van der Waals surface area (Å²) in [6, 6.07) is 38.8. The summed E-state index contributed by atoms with van der Waals surface area (Å²) in [6.45, 7) is 44.4. The molecule has 0 aliphatic carbocycles. The molecule has 91 heavy (non-hydrogen) atoms. The number of rotatable bonds is 38. The van der Waals surface area contributed by atoms with E-state index < -0.39 is 56.9 Å². The Balaban J connectivity index is 1.26. The molecule has 1 N–H and O–H groups in total. The maximum Gasteiger partial charge on any atom is 0.261 e. The summed E-state index contributed by atoms with van der Waals surface area (Å²) in [5, 5.41) is 13.8. The van der Waals surface area contributed by atoms with Crippen LogP contribution in [0.25, 0.3) is 0 Å². The van der Waals surface area contributed by atoms with Gasteiger partial charge in [0.2, 0.25) is 0 Å². The number of methoxy groups -OCH3 is 1. The second-order valence-electron chi connectivity index (χ2n) is 29.7. The van der Waals surface area contributed by atoms with E-state index in [0.29, 0.717) is 74.3 Å². The molecular formula is C75H119FO11Si4. The molecule has 0 amide bonds. The molecule has 4 aromatic rings. The van der Waals surface area contributed by atoms with Gasteiger partial charge in [0.25, 0.3) is 8.32 Å². The fraction of sp³-hybridized carbons (Fsp3) is 0.653. The van der Waals surface area contributed by atoms with Crippen molar-refractivity contribution in [2.45, 2.75) is 269 Å². The second kappa shape index (κ2) is 34.0. The Labute approximate surface area is 554 Å². The molecule has 0 aromatic heterocycles. The molecule has 2 heterocycles. The smallest absolute Gasteiger partial charge is 0.261 e. The zero-order valence-electron chi connectivity index (χ0n) is 59.5. The van der Waals surface area contributed by atoms with Gasteiger partial charge in [-0.3, -0.25) is 0 Å². The number of ether oxygens (including phenoxy) is 6. The van der Waals surface area contributed by atoms with Gasteiger partial charge in [0.05, 0.1) is 59.0 Å². The van der Waals surface area contributed by atoms with Crippen molar-refractivity contribution in [1.29, 1.82) is 0 Å². The molecule has 2 aliphatic rings. The summed E-state index contributed by atoms with van der Waals surface area (Å²) in [7, 11) is -8.06. The molecule has 6 rings (SSSR count). The Morgan fingerprint density at radius 3 is 1.81 bits per heavy atom. The van der Waals surface area contributed by atoms with E-state index in [4.69, 9.17) is 46.1 Å². The lowest BCUT2D eigenvalue weighted by Gasteiger charge is -2.48. The first-order chi connectivity index (χ1) is 43.0. The third kappa shape index (κ3) is 20.3. The van der Waals surface area contributed by atoms with Crippen LogP contribution in [-0.2, 0) is 54.6 Å². The van der Waals surface area contributed by atoms with Gasteiger partial charge in [0.1, 0.15) is 29.4 Å². The van der Waals surface area contributed by atoms with Crippen molar-refractivity contribution in [1.82, 2.24) is 0 Å². The predicted molar refractivity (Wildman–Crippen MR) is 380 cm³/mol. The number of hydrogen-bond donors (Lipinski definition) is 1. The average Bonchev–Trinajstić information content (AvgIpc) is 1.68. The fourth-order valence-electron chi connectivity index (χ4n) is 14.0. The van der Waals surface area contributed by atoms with Crippen LogP contribution in [-0.4, -0.2) is 120 Å². The van der Waals surface area contributed by atoms with Gasteiger partial charge in [-0.05, 0) is 123 Å². The molecule has 2 saturated heterocycles. The highest BCUT2D eigenvalue weighted by atomic mass is 28.4. The van der Waals surface area contributed by atoms with Crippen LogP contribution in [0.3, 0.4) is 0 Å². The third-order valence-corrected chi connectivity index (χ3v) is 40.8. The normalized spacial score (nSPS) is 18.6. The lowest BCUT2D eigenvalue weighted by atomic mass is 9.96. The highest BCUT2D eigenvalue weighted by Crippen LogP contribution is 2.46. The third-order valence-electron chi connectivity index (χ3n) is 20.5. The van der Waals surface area contributed by atoms with Crippen molar-refractivity contribution in [2.75, 3.05) is 40.1 Å². The SMILES string of the molecule is CC[Si](CC)(CC)O[C@](COCc1ccc(OC)cc1)(CO[Si](c1ccccc1)(c1ccccc1)C(C)(C)C)C[C@@H]1O[C@H]1[C@H](CC#C[C@H](O)CCC1(CCC[C@H](O[Si](C)(C)C(C)(C)C)[C@@H](C)CO[Si](C(C)C)(C(C)C)C(C)C)OCCO1)OCc1cccc(F)c1. The van der Waals surface area contributed by atoms with Crippen molar-refractivity contribution in [2.24, 2.45) is 5.92 Å². The van der Waals surface area contributed by atoms with Crippen LogP contribution in [0, 0.1) is 23.6 Å². The first kappa shape index (κ1) is 76.7. The van der Waals surface area contributed by atoms with Crippen LogP contribution >= 0.6 is 0 Å². The Hall–Kier alpha value is -3.36. The van der Waals surface area contributed by atoms with Gasteiger partial charge < -0.3 is 51.2 Å². The monoisotopic (exact) mass is 1330 g/mol. The second-order valence-corrected chi connectivity index (χ2v) is 49.0. The zero-order chi connectivity index (χ0) is 66.9. The first-order valence-electron chi connectivity index (χ1n) is 34.4. The maximum absolute atomic E-state index is 14.7. The Kier molecular flexibility index (Phi) is 28.7. The van der Waals surface area contributed by atoms with Crippen molar-refractivity contribution in [3.05, 3.63) is 126 Å². The Bertz CT molecular complexity index is 2750. The van der Waals surface area contributed by atoms with Crippen LogP contribution in [0.4, 0.5) is 4.39 Å². The molecule has 11 nitrogen and oxygen atoms in total. The zero-order valence-corrected chi connectivity index (χ0v) is 63.5. The number of benzene rings is 4. The van der Waals surface area contributed by atoms with E-state index in [1.165, 1.54) is 22.5 Å². The summed E-state index contributed by atoms with van der Waals surface area (Å²) in [5.41, 5.74) is 2.28. The van der Waals surface area contributed by atoms with E-state index in [9.17, 15) is 9.50 Å².